The number of hydrogen-bond donors (Lipinski definition) is 1. The van der Waals surface area contributed by atoms with E-state index in [-0.39, 0.29) is 11.3 Å². The zero-order valence-electron chi connectivity index (χ0n) is 14.0. The molecule has 0 aliphatic rings. The Morgan fingerprint density at radius 1 is 1.12 bits per heavy atom. The first-order chi connectivity index (χ1) is 12.0. The molecule has 0 bridgehead atoms. The highest BCUT2D eigenvalue weighted by Crippen LogP contribution is 2.37. The Morgan fingerprint density at radius 3 is 2.46 bits per heavy atom. The Morgan fingerprint density at radius 2 is 1.81 bits per heavy atom. The Hall–Kier alpha value is -2.69. The average molecular weight is 385 g/mol. The molecule has 0 radical (unpaired) electrons. The maximum absolute atomic E-state index is 13.2. The van der Waals surface area contributed by atoms with E-state index in [1.54, 1.807) is 19.9 Å². The van der Waals surface area contributed by atoms with Crippen molar-refractivity contribution in [1.29, 1.82) is 0 Å². The Kier molecular flexibility index (Phi) is 4.14. The second kappa shape index (κ2) is 5.94. The van der Waals surface area contributed by atoms with Crippen molar-refractivity contribution in [1.82, 2.24) is 19.6 Å². The normalized spacial score (nSPS) is 12.5. The van der Waals surface area contributed by atoms with Crippen molar-refractivity contribution in [2.75, 3.05) is 4.72 Å². The summed E-state index contributed by atoms with van der Waals surface area (Å²) in [6.45, 7) is 4.76. The van der Waals surface area contributed by atoms with Gasteiger partial charge < -0.3 is 0 Å². The lowest BCUT2D eigenvalue weighted by Gasteiger charge is -2.15. The van der Waals surface area contributed by atoms with E-state index in [9.17, 15) is 21.6 Å². The molecule has 11 heteroatoms. The van der Waals surface area contributed by atoms with Gasteiger partial charge in [0.1, 0.15) is 0 Å². The number of hydrogen-bond acceptors (Lipinski definition) is 5. The fourth-order valence-electron chi connectivity index (χ4n) is 2.48. The molecule has 138 valence electrons. The van der Waals surface area contributed by atoms with Crippen molar-refractivity contribution in [2.24, 2.45) is 0 Å². The van der Waals surface area contributed by atoms with Gasteiger partial charge in [-0.05, 0) is 38.5 Å². The molecule has 0 spiro atoms. The van der Waals surface area contributed by atoms with Gasteiger partial charge in [0.2, 0.25) is 0 Å². The van der Waals surface area contributed by atoms with E-state index in [4.69, 9.17) is 0 Å². The van der Waals surface area contributed by atoms with Crippen molar-refractivity contribution >= 4 is 21.5 Å². The quantitative estimate of drug-likeness (QED) is 0.749. The van der Waals surface area contributed by atoms with Gasteiger partial charge in [0.25, 0.3) is 21.0 Å². The van der Waals surface area contributed by atoms with E-state index in [1.807, 2.05) is 4.72 Å². The number of halogens is 3. The van der Waals surface area contributed by atoms with Crippen LogP contribution in [0.1, 0.15) is 22.5 Å². The van der Waals surface area contributed by atoms with Crippen LogP contribution in [0.15, 0.2) is 29.4 Å². The fourth-order valence-corrected chi connectivity index (χ4v) is 3.50. The molecule has 0 fully saturated rings. The van der Waals surface area contributed by atoms with E-state index < -0.39 is 32.6 Å². The largest absolute Gasteiger partial charge is 0.418 e. The maximum Gasteiger partial charge on any atom is 0.418 e. The highest BCUT2D eigenvalue weighted by Gasteiger charge is 2.36. The molecule has 0 atom stereocenters. The Balaban J connectivity index is 2.10. The van der Waals surface area contributed by atoms with E-state index in [0.29, 0.717) is 11.4 Å². The SMILES string of the molecule is Cc1cc(C)n2nc(S(=O)(=O)Nc3c(C)cccc3C(F)(F)F)nc2n1. The summed E-state index contributed by atoms with van der Waals surface area (Å²) in [7, 11) is -4.44. The molecule has 3 rings (SSSR count). The summed E-state index contributed by atoms with van der Waals surface area (Å²) in [6.07, 6.45) is -4.72. The first-order valence-electron chi connectivity index (χ1n) is 7.40. The number of para-hydroxylation sites is 1. The monoisotopic (exact) mass is 385 g/mol. The zero-order chi connectivity index (χ0) is 19.3. The number of alkyl halides is 3. The van der Waals surface area contributed by atoms with Crippen molar-refractivity contribution in [2.45, 2.75) is 32.1 Å². The molecular formula is C15H14F3N5O2S. The molecule has 0 saturated heterocycles. The molecule has 2 aromatic heterocycles. The fraction of sp³-hybridized carbons (Fsp3) is 0.267. The van der Waals surface area contributed by atoms with Crippen molar-refractivity contribution in [3.05, 3.63) is 46.8 Å². The predicted octanol–water partition coefficient (Wildman–Crippen LogP) is 2.87. The van der Waals surface area contributed by atoms with Gasteiger partial charge in [-0.15, -0.1) is 5.10 Å². The van der Waals surface area contributed by atoms with Crippen LogP contribution in [0.3, 0.4) is 0 Å². The molecule has 3 aromatic rings. The smallest absolute Gasteiger partial charge is 0.276 e. The van der Waals surface area contributed by atoms with E-state index in [1.165, 1.54) is 23.6 Å². The van der Waals surface area contributed by atoms with Crippen LogP contribution in [-0.4, -0.2) is 28.0 Å². The first-order valence-corrected chi connectivity index (χ1v) is 8.88. The maximum atomic E-state index is 13.2. The van der Waals surface area contributed by atoms with Crippen LogP contribution in [0.25, 0.3) is 5.78 Å². The van der Waals surface area contributed by atoms with Gasteiger partial charge in [0.05, 0.1) is 11.3 Å². The lowest BCUT2D eigenvalue weighted by Crippen LogP contribution is -2.19. The minimum Gasteiger partial charge on any atom is -0.276 e. The summed E-state index contributed by atoms with van der Waals surface area (Å²) < 4.78 is 67.9. The van der Waals surface area contributed by atoms with E-state index >= 15 is 0 Å². The summed E-state index contributed by atoms with van der Waals surface area (Å²) >= 11 is 0. The van der Waals surface area contributed by atoms with Gasteiger partial charge in [-0.2, -0.15) is 26.6 Å². The molecule has 2 heterocycles. The minimum absolute atomic E-state index is 0.0451. The molecule has 0 amide bonds. The highest BCUT2D eigenvalue weighted by atomic mass is 32.2. The second-order valence-electron chi connectivity index (χ2n) is 5.75. The number of aromatic nitrogens is 4. The number of aryl methyl sites for hydroxylation is 3. The molecule has 0 aliphatic carbocycles. The van der Waals surface area contributed by atoms with Crippen LogP contribution in [0, 0.1) is 20.8 Å². The molecule has 0 saturated carbocycles. The standard InChI is InChI=1S/C15H14F3N5O2S/c1-8-5-4-6-11(15(16,17)18)12(8)22-26(24,25)14-20-13-19-9(2)7-10(3)23(13)21-14/h4-7,22H,1-3H3. The predicted molar refractivity (Wildman–Crippen MR) is 87.2 cm³/mol. The number of benzene rings is 1. The Bertz CT molecular complexity index is 1110. The van der Waals surface area contributed by atoms with E-state index in [2.05, 4.69) is 15.1 Å². The van der Waals surface area contributed by atoms with Crippen molar-refractivity contribution < 1.29 is 21.6 Å². The molecule has 0 unspecified atom stereocenters. The van der Waals surface area contributed by atoms with Gasteiger partial charge in [-0.25, -0.2) is 9.50 Å². The van der Waals surface area contributed by atoms with Crippen LogP contribution < -0.4 is 4.72 Å². The van der Waals surface area contributed by atoms with Crippen LogP contribution in [0.4, 0.5) is 18.9 Å². The lowest BCUT2D eigenvalue weighted by molar-refractivity contribution is -0.136. The zero-order valence-corrected chi connectivity index (χ0v) is 14.8. The van der Waals surface area contributed by atoms with E-state index in [0.717, 1.165) is 6.07 Å². The topological polar surface area (TPSA) is 89.3 Å². The molecular weight excluding hydrogens is 371 g/mol. The van der Waals surface area contributed by atoms with Crippen LogP contribution in [-0.2, 0) is 16.2 Å². The third-order valence-corrected chi connectivity index (χ3v) is 4.78. The Labute approximate surface area is 147 Å². The number of nitrogens with zero attached hydrogens (tertiary/aromatic N) is 4. The molecule has 0 aliphatic heterocycles. The summed E-state index contributed by atoms with van der Waals surface area (Å²) in [5.74, 6) is 0.0451. The third-order valence-electron chi connectivity index (χ3n) is 3.65. The van der Waals surface area contributed by atoms with Crippen molar-refractivity contribution in [3.8, 4) is 0 Å². The number of sulfonamides is 1. The molecule has 1 aromatic carbocycles. The van der Waals surface area contributed by atoms with Gasteiger partial charge in [-0.3, -0.25) is 4.72 Å². The number of anilines is 1. The van der Waals surface area contributed by atoms with Crippen molar-refractivity contribution in [3.63, 3.8) is 0 Å². The summed E-state index contributed by atoms with van der Waals surface area (Å²) in [6, 6.07) is 5.06. The van der Waals surface area contributed by atoms with Crippen LogP contribution >= 0.6 is 0 Å². The molecule has 26 heavy (non-hydrogen) atoms. The molecule has 7 nitrogen and oxygen atoms in total. The number of nitrogens with one attached hydrogen (secondary N) is 1. The van der Waals surface area contributed by atoms with Gasteiger partial charge in [0, 0.05) is 11.4 Å². The van der Waals surface area contributed by atoms with Gasteiger partial charge >= 0.3 is 6.18 Å². The van der Waals surface area contributed by atoms with Crippen LogP contribution in [0.5, 0.6) is 0 Å². The third kappa shape index (κ3) is 3.21. The second-order valence-corrected chi connectivity index (χ2v) is 7.32. The summed E-state index contributed by atoms with van der Waals surface area (Å²) in [4.78, 5) is 7.90. The average Bonchev–Trinajstić information content (AvgIpc) is 2.93. The summed E-state index contributed by atoms with van der Waals surface area (Å²) in [5.41, 5.74) is -0.321. The number of rotatable bonds is 3. The molecule has 1 N–H and O–H groups in total. The first kappa shape index (κ1) is 18.1. The van der Waals surface area contributed by atoms with Gasteiger partial charge in [0.15, 0.2) is 0 Å². The number of fused-ring (bicyclic) bond motifs is 1. The highest BCUT2D eigenvalue weighted by molar-refractivity contribution is 7.92. The minimum atomic E-state index is -4.72. The lowest BCUT2D eigenvalue weighted by atomic mass is 10.1. The van der Waals surface area contributed by atoms with Crippen LogP contribution in [0.2, 0.25) is 0 Å². The summed E-state index contributed by atoms with van der Waals surface area (Å²) in [5, 5.41) is 3.20. The van der Waals surface area contributed by atoms with Gasteiger partial charge in [-0.1, -0.05) is 12.1 Å².